The summed E-state index contributed by atoms with van der Waals surface area (Å²) in [6.45, 7) is 2.41. The van der Waals surface area contributed by atoms with Crippen molar-refractivity contribution in [3.05, 3.63) is 47.1 Å². The topological polar surface area (TPSA) is 59.2 Å². The Labute approximate surface area is 142 Å². The fourth-order valence-corrected chi connectivity index (χ4v) is 2.91. The van der Waals surface area contributed by atoms with E-state index in [1.807, 2.05) is 6.92 Å². The molecule has 0 bridgehead atoms. The number of carbonyl (C=O) groups excluding carboxylic acids is 1. The van der Waals surface area contributed by atoms with Crippen molar-refractivity contribution in [2.45, 2.75) is 44.8 Å². The highest BCUT2D eigenvalue weighted by molar-refractivity contribution is 5.77. The van der Waals surface area contributed by atoms with E-state index in [0.29, 0.717) is 43.1 Å². The third-order valence-electron chi connectivity index (χ3n) is 4.28. The molecule has 0 N–H and O–H groups in total. The number of rotatable bonds is 4. The molecular formula is C17H18F3N3O2. The Morgan fingerprint density at radius 3 is 2.84 bits per heavy atom. The molecule has 1 amide bonds. The minimum atomic E-state index is -4.40. The SMILES string of the molecule is CCc1noc([C@@H]2CCC(=O)N(Cc3cccc(C(F)(F)F)c3)C2)n1. The van der Waals surface area contributed by atoms with Crippen LogP contribution in [-0.4, -0.2) is 27.5 Å². The van der Waals surface area contributed by atoms with Crippen molar-refractivity contribution in [3.63, 3.8) is 0 Å². The van der Waals surface area contributed by atoms with E-state index >= 15 is 0 Å². The van der Waals surface area contributed by atoms with Crippen LogP contribution in [0.2, 0.25) is 0 Å². The zero-order valence-electron chi connectivity index (χ0n) is 13.7. The zero-order valence-corrected chi connectivity index (χ0v) is 13.7. The highest BCUT2D eigenvalue weighted by Gasteiger charge is 2.32. The predicted molar refractivity (Wildman–Crippen MR) is 82.5 cm³/mol. The Morgan fingerprint density at radius 2 is 2.16 bits per heavy atom. The molecule has 1 aromatic heterocycles. The maximum atomic E-state index is 12.8. The first-order valence-electron chi connectivity index (χ1n) is 8.13. The number of halogens is 3. The van der Waals surface area contributed by atoms with Gasteiger partial charge in [0.2, 0.25) is 11.8 Å². The first-order chi connectivity index (χ1) is 11.9. The highest BCUT2D eigenvalue weighted by atomic mass is 19.4. The lowest BCUT2D eigenvalue weighted by atomic mass is 9.96. The summed E-state index contributed by atoms with van der Waals surface area (Å²) in [5.41, 5.74) is -0.265. The van der Waals surface area contributed by atoms with Crippen LogP contribution in [-0.2, 0) is 23.9 Å². The van der Waals surface area contributed by atoms with Crippen LogP contribution in [0, 0.1) is 0 Å². The number of hydrogen-bond donors (Lipinski definition) is 0. The monoisotopic (exact) mass is 353 g/mol. The van der Waals surface area contributed by atoms with Crippen molar-refractivity contribution in [2.75, 3.05) is 6.54 Å². The van der Waals surface area contributed by atoms with Crippen LogP contribution in [0.5, 0.6) is 0 Å². The number of amides is 1. The molecule has 25 heavy (non-hydrogen) atoms. The van der Waals surface area contributed by atoms with E-state index in [4.69, 9.17) is 4.52 Å². The second-order valence-electron chi connectivity index (χ2n) is 6.11. The summed E-state index contributed by atoms with van der Waals surface area (Å²) in [4.78, 5) is 18.0. The van der Waals surface area contributed by atoms with Crippen LogP contribution >= 0.6 is 0 Å². The first-order valence-corrected chi connectivity index (χ1v) is 8.13. The molecule has 1 saturated heterocycles. The van der Waals surface area contributed by atoms with Crippen LogP contribution in [0.15, 0.2) is 28.8 Å². The van der Waals surface area contributed by atoms with Gasteiger partial charge in [0.25, 0.3) is 0 Å². The summed E-state index contributed by atoms with van der Waals surface area (Å²) < 4.78 is 43.7. The van der Waals surface area contributed by atoms with Crippen LogP contribution in [0.1, 0.15) is 48.5 Å². The minimum Gasteiger partial charge on any atom is -0.339 e. The largest absolute Gasteiger partial charge is 0.416 e. The van der Waals surface area contributed by atoms with Crippen molar-refractivity contribution in [2.24, 2.45) is 0 Å². The summed E-state index contributed by atoms with van der Waals surface area (Å²) in [6.07, 6.45) is -2.83. The maximum Gasteiger partial charge on any atom is 0.416 e. The van der Waals surface area contributed by atoms with E-state index in [1.165, 1.54) is 6.07 Å². The molecule has 0 radical (unpaired) electrons. The third-order valence-corrected chi connectivity index (χ3v) is 4.28. The van der Waals surface area contributed by atoms with Crippen LogP contribution in [0.25, 0.3) is 0 Å². The van der Waals surface area contributed by atoms with Gasteiger partial charge in [-0.25, -0.2) is 0 Å². The van der Waals surface area contributed by atoms with Crippen molar-refractivity contribution in [3.8, 4) is 0 Å². The molecule has 1 aliphatic rings. The van der Waals surface area contributed by atoms with Crippen LogP contribution in [0.3, 0.4) is 0 Å². The Hall–Kier alpha value is -2.38. The molecule has 0 saturated carbocycles. The molecule has 1 atom stereocenters. The van der Waals surface area contributed by atoms with Gasteiger partial charge in [-0.15, -0.1) is 0 Å². The molecule has 1 aromatic carbocycles. The van der Waals surface area contributed by atoms with Crippen molar-refractivity contribution < 1.29 is 22.5 Å². The fraction of sp³-hybridized carbons (Fsp3) is 0.471. The quantitative estimate of drug-likeness (QED) is 0.843. The normalized spacial score (nSPS) is 18.6. The Balaban J connectivity index is 1.73. The van der Waals surface area contributed by atoms with Crippen molar-refractivity contribution >= 4 is 5.91 Å². The average Bonchev–Trinajstić information content (AvgIpc) is 3.05. The number of likely N-dealkylation sites (tertiary alicyclic amines) is 1. The van der Waals surface area contributed by atoms with Crippen molar-refractivity contribution in [1.29, 1.82) is 0 Å². The molecular weight excluding hydrogens is 335 g/mol. The van der Waals surface area contributed by atoms with Gasteiger partial charge in [-0.1, -0.05) is 24.2 Å². The zero-order chi connectivity index (χ0) is 18.0. The van der Waals surface area contributed by atoms with Gasteiger partial charge in [0.15, 0.2) is 5.82 Å². The fourth-order valence-electron chi connectivity index (χ4n) is 2.91. The van der Waals surface area contributed by atoms with Gasteiger partial charge >= 0.3 is 6.18 Å². The molecule has 0 aliphatic carbocycles. The lowest BCUT2D eigenvalue weighted by molar-refractivity contribution is -0.137. The smallest absolute Gasteiger partial charge is 0.339 e. The number of aromatic nitrogens is 2. The average molecular weight is 353 g/mol. The minimum absolute atomic E-state index is 0.0797. The number of alkyl halides is 3. The number of nitrogens with zero attached hydrogens (tertiary/aromatic N) is 3. The maximum absolute atomic E-state index is 12.8. The van der Waals surface area contributed by atoms with E-state index in [1.54, 1.807) is 11.0 Å². The molecule has 1 fully saturated rings. The van der Waals surface area contributed by atoms with Gasteiger partial charge in [0.05, 0.1) is 11.5 Å². The van der Waals surface area contributed by atoms with Gasteiger partial charge < -0.3 is 9.42 Å². The standard InChI is InChI=1S/C17H18F3N3O2/c1-2-14-21-16(25-22-14)12-6-7-15(24)23(10-12)9-11-4-3-5-13(8-11)17(18,19)20/h3-5,8,12H,2,6-7,9-10H2,1H3/t12-/m1/s1. The van der Waals surface area contributed by atoms with E-state index in [-0.39, 0.29) is 18.4 Å². The van der Waals surface area contributed by atoms with Crippen LogP contribution in [0.4, 0.5) is 13.2 Å². The number of aryl methyl sites for hydroxylation is 1. The van der Waals surface area contributed by atoms with Crippen molar-refractivity contribution in [1.82, 2.24) is 15.0 Å². The Bertz CT molecular complexity index is 758. The Kier molecular flexibility index (Phi) is 4.78. The molecule has 0 spiro atoms. The van der Waals surface area contributed by atoms with E-state index in [0.717, 1.165) is 12.1 Å². The number of piperidine rings is 1. The van der Waals surface area contributed by atoms with Gasteiger partial charge in [-0.2, -0.15) is 18.2 Å². The molecule has 0 unspecified atom stereocenters. The van der Waals surface area contributed by atoms with E-state index < -0.39 is 11.7 Å². The molecule has 2 heterocycles. The first kappa shape index (κ1) is 17.4. The van der Waals surface area contributed by atoms with E-state index in [9.17, 15) is 18.0 Å². The molecule has 134 valence electrons. The number of benzene rings is 1. The highest BCUT2D eigenvalue weighted by Crippen LogP contribution is 2.31. The second kappa shape index (κ2) is 6.85. The molecule has 2 aromatic rings. The predicted octanol–water partition coefficient (Wildman–Crippen LogP) is 3.56. The molecule has 1 aliphatic heterocycles. The summed E-state index contributed by atoms with van der Waals surface area (Å²) >= 11 is 0. The van der Waals surface area contributed by atoms with Gasteiger partial charge in [-0.3, -0.25) is 4.79 Å². The van der Waals surface area contributed by atoms with E-state index in [2.05, 4.69) is 10.1 Å². The van der Waals surface area contributed by atoms with Gasteiger partial charge in [-0.05, 0) is 24.1 Å². The Morgan fingerprint density at radius 1 is 1.36 bits per heavy atom. The summed E-state index contributed by atoms with van der Waals surface area (Å²) in [5.74, 6) is 0.926. The number of carbonyl (C=O) groups is 1. The van der Waals surface area contributed by atoms with Gasteiger partial charge in [0.1, 0.15) is 0 Å². The summed E-state index contributed by atoms with van der Waals surface area (Å²) in [7, 11) is 0. The summed E-state index contributed by atoms with van der Waals surface area (Å²) in [5, 5.41) is 3.86. The number of hydrogen-bond acceptors (Lipinski definition) is 4. The van der Waals surface area contributed by atoms with Gasteiger partial charge in [0, 0.05) is 25.9 Å². The lowest BCUT2D eigenvalue weighted by Gasteiger charge is -2.31. The van der Waals surface area contributed by atoms with Crippen LogP contribution < -0.4 is 0 Å². The summed E-state index contributed by atoms with van der Waals surface area (Å²) in [6, 6.07) is 5.05. The third kappa shape index (κ3) is 4.00. The molecule has 5 nitrogen and oxygen atoms in total. The molecule has 8 heteroatoms. The lowest BCUT2D eigenvalue weighted by Crippen LogP contribution is -2.38. The molecule has 3 rings (SSSR count). The second-order valence-corrected chi connectivity index (χ2v) is 6.11.